The minimum atomic E-state index is -0.537. The van der Waals surface area contributed by atoms with Gasteiger partial charge in [-0.05, 0) is 80.4 Å². The molecule has 2 atom stereocenters. The zero-order valence-corrected chi connectivity index (χ0v) is 24.6. The maximum absolute atomic E-state index is 13.4. The number of carbonyl (C=O) groups is 2. The van der Waals surface area contributed by atoms with Gasteiger partial charge in [0.05, 0.1) is 5.60 Å². The number of halogens is 2. The number of urea groups is 1. The van der Waals surface area contributed by atoms with Crippen LogP contribution in [0.25, 0.3) is 0 Å². The maximum atomic E-state index is 13.4. The van der Waals surface area contributed by atoms with Crippen molar-refractivity contribution in [3.05, 3.63) is 45.6 Å². The topological polar surface area (TPSA) is 103 Å². The number of aliphatic hydroxyl groups is 1. The van der Waals surface area contributed by atoms with E-state index in [1.54, 1.807) is 9.58 Å². The van der Waals surface area contributed by atoms with Crippen LogP contribution in [0, 0.1) is 17.8 Å². The number of aryl methyl sites for hydroxylation is 1. The molecule has 5 aliphatic rings. The Labute approximate surface area is 245 Å². The Morgan fingerprint density at radius 1 is 1.10 bits per heavy atom. The van der Waals surface area contributed by atoms with Gasteiger partial charge in [-0.25, -0.2) is 4.79 Å². The lowest BCUT2D eigenvalue weighted by molar-refractivity contribution is -0.136. The summed E-state index contributed by atoms with van der Waals surface area (Å²) in [6.45, 7) is 1.84. The van der Waals surface area contributed by atoms with Gasteiger partial charge in [0, 0.05) is 50.8 Å². The van der Waals surface area contributed by atoms with Crippen molar-refractivity contribution < 1.29 is 14.7 Å². The van der Waals surface area contributed by atoms with Crippen LogP contribution < -0.4 is 15.5 Å². The highest BCUT2D eigenvalue weighted by molar-refractivity contribution is 6.36. The van der Waals surface area contributed by atoms with E-state index in [0.29, 0.717) is 47.4 Å². The molecule has 1 saturated heterocycles. The van der Waals surface area contributed by atoms with E-state index in [4.69, 9.17) is 23.2 Å². The van der Waals surface area contributed by atoms with Crippen LogP contribution in [0.15, 0.2) is 24.3 Å². The van der Waals surface area contributed by atoms with Gasteiger partial charge in [-0.15, -0.1) is 0 Å². The smallest absolute Gasteiger partial charge is 0.317 e. The summed E-state index contributed by atoms with van der Waals surface area (Å²) >= 11 is 12.7. The summed E-state index contributed by atoms with van der Waals surface area (Å²) < 4.78 is 1.69. The summed E-state index contributed by atoms with van der Waals surface area (Å²) in [7, 11) is 3.65. The summed E-state index contributed by atoms with van der Waals surface area (Å²) in [6, 6.07) is 7.50. The predicted molar refractivity (Wildman–Crippen MR) is 155 cm³/mol. The van der Waals surface area contributed by atoms with Crippen molar-refractivity contribution >= 4 is 41.0 Å². The third-order valence-electron chi connectivity index (χ3n) is 9.70. The molecule has 9 nitrogen and oxygen atoms in total. The molecule has 0 radical (unpaired) electrons. The van der Waals surface area contributed by atoms with Crippen LogP contribution in [-0.2, 0) is 13.6 Å². The molecule has 1 aromatic heterocycles. The van der Waals surface area contributed by atoms with Gasteiger partial charge in [-0.3, -0.25) is 9.48 Å². The van der Waals surface area contributed by atoms with Crippen molar-refractivity contribution in [1.82, 2.24) is 25.3 Å². The SMILES string of the molecule is CN(C(=O)NCc1ccc(Cl)cc1)C1CCN(c2c(Cl)c(C(=O)NC3C4CC5CC3CC(O)(C5)C4)nn2C)CC1. The van der Waals surface area contributed by atoms with Gasteiger partial charge in [0.2, 0.25) is 0 Å². The minimum absolute atomic E-state index is 0.0722. The van der Waals surface area contributed by atoms with E-state index in [9.17, 15) is 14.7 Å². The van der Waals surface area contributed by atoms with Crippen LogP contribution in [0.2, 0.25) is 10.0 Å². The van der Waals surface area contributed by atoms with Gasteiger partial charge in [-0.2, -0.15) is 5.10 Å². The lowest BCUT2D eigenvalue weighted by Gasteiger charge is -2.58. The number of amides is 3. The number of hydrogen-bond donors (Lipinski definition) is 3. The van der Waals surface area contributed by atoms with Gasteiger partial charge in [-0.1, -0.05) is 35.3 Å². The first-order valence-electron chi connectivity index (χ1n) is 14.4. The van der Waals surface area contributed by atoms with Gasteiger partial charge in [0.1, 0.15) is 10.8 Å². The monoisotopic (exact) mass is 588 g/mol. The Morgan fingerprint density at radius 2 is 1.75 bits per heavy atom. The number of anilines is 1. The van der Waals surface area contributed by atoms with Crippen LogP contribution >= 0.6 is 23.2 Å². The standard InChI is InChI=1S/C29H38Cl2N6O3/c1-35(28(39)32-16-17-3-5-21(30)6-4-17)22-7-9-37(10-8-22)27-23(31)25(34-36(27)2)26(38)33-24-19-11-18-12-20(24)15-29(40,13-18)14-19/h3-6,18-20,22,24,40H,7-16H2,1-2H3,(H,32,39)(H,33,38). The zero-order valence-electron chi connectivity index (χ0n) is 23.1. The Balaban J connectivity index is 1.04. The number of hydrogen-bond acceptors (Lipinski definition) is 5. The van der Waals surface area contributed by atoms with Crippen LogP contribution in [-0.4, -0.2) is 69.5 Å². The fourth-order valence-electron chi connectivity index (χ4n) is 7.95. The Bertz CT molecular complexity index is 1260. The van der Waals surface area contributed by atoms with Crippen LogP contribution in [0.1, 0.15) is 61.0 Å². The van der Waals surface area contributed by atoms with Crippen molar-refractivity contribution in [2.75, 3.05) is 25.0 Å². The molecular weight excluding hydrogens is 551 g/mol. The first-order valence-corrected chi connectivity index (χ1v) is 15.1. The molecule has 4 aliphatic carbocycles. The second kappa shape index (κ2) is 10.7. The van der Waals surface area contributed by atoms with E-state index < -0.39 is 5.60 Å². The number of aromatic nitrogens is 2. The summed E-state index contributed by atoms with van der Waals surface area (Å²) in [4.78, 5) is 30.1. The molecule has 3 N–H and O–H groups in total. The van der Waals surface area contributed by atoms with Crippen molar-refractivity contribution in [2.24, 2.45) is 24.8 Å². The molecule has 4 saturated carbocycles. The zero-order chi connectivity index (χ0) is 28.2. The fourth-order valence-corrected chi connectivity index (χ4v) is 8.44. The largest absolute Gasteiger partial charge is 0.390 e. The number of nitrogens with zero attached hydrogens (tertiary/aromatic N) is 4. The van der Waals surface area contributed by atoms with Crippen LogP contribution in [0.3, 0.4) is 0 Å². The molecule has 40 heavy (non-hydrogen) atoms. The predicted octanol–water partition coefficient (Wildman–Crippen LogP) is 4.21. The first-order chi connectivity index (χ1) is 19.1. The third-order valence-corrected chi connectivity index (χ3v) is 10.3. The van der Waals surface area contributed by atoms with E-state index >= 15 is 0 Å². The normalized spacial score (nSPS) is 29.5. The first kappa shape index (κ1) is 27.7. The molecule has 7 rings (SSSR count). The highest BCUT2D eigenvalue weighted by Crippen LogP contribution is 2.55. The van der Waals surface area contributed by atoms with Gasteiger partial charge < -0.3 is 25.5 Å². The summed E-state index contributed by atoms with van der Waals surface area (Å²) in [6.07, 6.45) is 6.17. The van der Waals surface area contributed by atoms with E-state index in [1.807, 2.05) is 38.4 Å². The van der Waals surface area contributed by atoms with Gasteiger partial charge in [0.25, 0.3) is 5.91 Å². The molecule has 1 aromatic carbocycles. The number of nitrogens with one attached hydrogen (secondary N) is 2. The number of rotatable bonds is 6. The Hall–Kier alpha value is -2.49. The highest BCUT2D eigenvalue weighted by atomic mass is 35.5. The quantitative estimate of drug-likeness (QED) is 0.469. The molecule has 5 fully saturated rings. The highest BCUT2D eigenvalue weighted by Gasteiger charge is 2.55. The summed E-state index contributed by atoms with van der Waals surface area (Å²) in [5, 5.41) is 22.7. The second-order valence-electron chi connectivity index (χ2n) is 12.4. The molecule has 2 unspecified atom stereocenters. The lowest BCUT2D eigenvalue weighted by atomic mass is 9.52. The number of benzene rings is 1. The van der Waals surface area contributed by atoms with E-state index in [0.717, 1.165) is 56.3 Å². The average molecular weight is 590 g/mol. The minimum Gasteiger partial charge on any atom is -0.390 e. The van der Waals surface area contributed by atoms with E-state index in [2.05, 4.69) is 20.6 Å². The van der Waals surface area contributed by atoms with Crippen molar-refractivity contribution in [3.63, 3.8) is 0 Å². The molecule has 4 bridgehead atoms. The van der Waals surface area contributed by atoms with Crippen LogP contribution in [0.4, 0.5) is 10.6 Å². The van der Waals surface area contributed by atoms with E-state index in [-0.39, 0.29) is 29.7 Å². The lowest BCUT2D eigenvalue weighted by Crippen LogP contribution is -2.61. The van der Waals surface area contributed by atoms with Crippen LogP contribution in [0.5, 0.6) is 0 Å². The molecule has 2 heterocycles. The molecule has 11 heteroatoms. The maximum Gasteiger partial charge on any atom is 0.317 e. The molecule has 0 spiro atoms. The van der Waals surface area contributed by atoms with E-state index in [1.165, 1.54) is 0 Å². The third kappa shape index (κ3) is 5.28. The van der Waals surface area contributed by atoms with Crippen molar-refractivity contribution in [2.45, 2.75) is 69.2 Å². The van der Waals surface area contributed by atoms with Crippen molar-refractivity contribution in [3.8, 4) is 0 Å². The average Bonchev–Trinajstić information content (AvgIpc) is 3.22. The number of piperidine rings is 1. The van der Waals surface area contributed by atoms with Gasteiger partial charge in [0.15, 0.2) is 5.69 Å². The summed E-state index contributed by atoms with van der Waals surface area (Å²) in [5.41, 5.74) is 0.713. The molecule has 216 valence electrons. The fraction of sp³-hybridized carbons (Fsp3) is 0.621. The summed E-state index contributed by atoms with van der Waals surface area (Å²) in [5.74, 6) is 1.73. The Morgan fingerprint density at radius 3 is 2.38 bits per heavy atom. The molecule has 2 aromatic rings. The second-order valence-corrected chi connectivity index (χ2v) is 13.2. The van der Waals surface area contributed by atoms with Gasteiger partial charge >= 0.3 is 6.03 Å². The number of carbonyl (C=O) groups excluding carboxylic acids is 2. The Kier molecular flexibility index (Phi) is 7.42. The molecule has 3 amide bonds. The van der Waals surface area contributed by atoms with Crippen molar-refractivity contribution in [1.29, 1.82) is 0 Å². The molecule has 1 aliphatic heterocycles. The molecular formula is C29H38Cl2N6O3.